The minimum atomic E-state index is -1.08. The molecule has 0 saturated carbocycles. The van der Waals surface area contributed by atoms with E-state index >= 15 is 0 Å². The Labute approximate surface area is 158 Å². The van der Waals surface area contributed by atoms with E-state index in [1.165, 1.54) is 14.1 Å². The Bertz CT molecular complexity index is 792. The van der Waals surface area contributed by atoms with Crippen LogP contribution in [0.4, 0.5) is 4.79 Å². The molecule has 0 radical (unpaired) electrons. The van der Waals surface area contributed by atoms with Crippen molar-refractivity contribution in [2.45, 2.75) is 39.0 Å². The molecule has 1 aliphatic carbocycles. The van der Waals surface area contributed by atoms with Crippen LogP contribution in [0.15, 0.2) is 12.2 Å². The molecule has 27 heavy (non-hydrogen) atoms. The molecule has 146 valence electrons. The second-order valence-electron chi connectivity index (χ2n) is 7.51. The van der Waals surface area contributed by atoms with Gasteiger partial charge in [-0.05, 0) is 25.2 Å². The van der Waals surface area contributed by atoms with E-state index in [1.54, 1.807) is 18.5 Å². The van der Waals surface area contributed by atoms with Crippen molar-refractivity contribution < 1.29 is 19.1 Å². The minimum absolute atomic E-state index is 0.0319. The van der Waals surface area contributed by atoms with Gasteiger partial charge < -0.3 is 5.21 Å². The predicted octanol–water partition coefficient (Wildman–Crippen LogP) is 1.38. The van der Waals surface area contributed by atoms with Gasteiger partial charge in [0.25, 0.3) is 5.82 Å². The zero-order valence-corrected chi connectivity index (χ0v) is 16.4. The summed E-state index contributed by atoms with van der Waals surface area (Å²) in [5.74, 6) is -2.38. The zero-order valence-electron chi connectivity index (χ0n) is 16.4. The van der Waals surface area contributed by atoms with Gasteiger partial charge in [-0.15, -0.1) is 0 Å². The highest BCUT2D eigenvalue weighted by Crippen LogP contribution is 2.41. The molecule has 0 unspecified atom stereocenters. The van der Waals surface area contributed by atoms with E-state index in [2.05, 4.69) is 6.08 Å². The van der Waals surface area contributed by atoms with Gasteiger partial charge in [0.1, 0.15) is 17.3 Å². The lowest BCUT2D eigenvalue weighted by Crippen LogP contribution is -2.59. The van der Waals surface area contributed by atoms with Crippen molar-refractivity contribution in [2.24, 2.45) is 18.9 Å². The van der Waals surface area contributed by atoms with Crippen LogP contribution in [0.5, 0.6) is 0 Å². The van der Waals surface area contributed by atoms with Crippen LogP contribution in [0.1, 0.15) is 42.4 Å². The summed E-state index contributed by atoms with van der Waals surface area (Å²) >= 11 is 0. The van der Waals surface area contributed by atoms with Gasteiger partial charge in [0.2, 0.25) is 11.8 Å². The molecule has 3 rings (SSSR count). The van der Waals surface area contributed by atoms with E-state index in [0.29, 0.717) is 17.9 Å². The zero-order chi connectivity index (χ0) is 20.0. The molecule has 1 saturated heterocycles. The van der Waals surface area contributed by atoms with Gasteiger partial charge in [-0.25, -0.2) is 14.1 Å². The highest BCUT2D eigenvalue weighted by molar-refractivity contribution is 6.16. The molecule has 2 atom stereocenters. The molecule has 0 spiro atoms. The number of allylic oxidation sites excluding steroid dienone is 2. The maximum absolute atomic E-state index is 13.0. The van der Waals surface area contributed by atoms with Crippen molar-refractivity contribution >= 4 is 17.8 Å². The van der Waals surface area contributed by atoms with E-state index in [9.17, 15) is 19.6 Å². The summed E-state index contributed by atoms with van der Waals surface area (Å²) in [7, 11) is 4.55. The Morgan fingerprint density at radius 1 is 1.07 bits per heavy atom. The van der Waals surface area contributed by atoms with E-state index in [4.69, 9.17) is 0 Å². The number of aromatic nitrogens is 2. The highest BCUT2D eigenvalue weighted by atomic mass is 16.5. The number of carbonyl (C=O) groups excluding carboxylic acids is 3. The Morgan fingerprint density at radius 2 is 1.67 bits per heavy atom. The quantitative estimate of drug-likeness (QED) is 0.346. The summed E-state index contributed by atoms with van der Waals surface area (Å²) in [6.45, 7) is 3.58. The lowest BCUT2D eigenvalue weighted by Gasteiger charge is -2.38. The number of hydrogen-bond acceptors (Lipinski definition) is 4. The summed E-state index contributed by atoms with van der Waals surface area (Å²) < 4.78 is 2.62. The molecule has 1 aromatic rings. The topological polar surface area (TPSA) is 89.6 Å². The highest BCUT2D eigenvalue weighted by Gasteiger charge is 2.52. The van der Waals surface area contributed by atoms with Gasteiger partial charge in [-0.3, -0.25) is 19.4 Å². The summed E-state index contributed by atoms with van der Waals surface area (Å²) in [5, 5.41) is 12.9. The predicted molar refractivity (Wildman–Crippen MR) is 97.5 cm³/mol. The van der Waals surface area contributed by atoms with Crippen molar-refractivity contribution in [2.75, 3.05) is 14.1 Å². The third-order valence-electron chi connectivity index (χ3n) is 6.12. The fourth-order valence-corrected chi connectivity index (χ4v) is 4.25. The summed E-state index contributed by atoms with van der Waals surface area (Å²) in [6, 6.07) is -0.641. The molecule has 2 aliphatic rings. The van der Waals surface area contributed by atoms with E-state index in [1.807, 2.05) is 13.0 Å². The third-order valence-corrected chi connectivity index (χ3v) is 6.12. The fraction of sp³-hybridized carbons (Fsp3) is 0.579. The maximum Gasteiger partial charge on any atom is 0.332 e. The Morgan fingerprint density at radius 3 is 2.11 bits per heavy atom. The van der Waals surface area contributed by atoms with Gasteiger partial charge >= 0.3 is 6.03 Å². The molecule has 8 nitrogen and oxygen atoms in total. The number of amides is 4. The number of imidazole rings is 1. The van der Waals surface area contributed by atoms with Crippen molar-refractivity contribution in [3.05, 3.63) is 34.6 Å². The van der Waals surface area contributed by atoms with E-state index in [-0.39, 0.29) is 5.92 Å². The Hall–Kier alpha value is -2.64. The first kappa shape index (κ1) is 19.1. The molecule has 1 aliphatic heterocycles. The normalized spacial score (nSPS) is 22.7. The average molecular weight is 374 g/mol. The molecule has 0 bridgehead atoms. The summed E-state index contributed by atoms with van der Waals surface area (Å²) in [5.41, 5.74) is 1.35. The summed E-state index contributed by atoms with van der Waals surface area (Å²) in [4.78, 5) is 40.1. The molecule has 0 aromatic carbocycles. The van der Waals surface area contributed by atoms with Crippen LogP contribution in [0.2, 0.25) is 0 Å². The number of rotatable bonds is 3. The lowest BCUT2D eigenvalue weighted by molar-refractivity contribution is -0.622. The van der Waals surface area contributed by atoms with Crippen LogP contribution >= 0.6 is 0 Å². The van der Waals surface area contributed by atoms with Crippen molar-refractivity contribution in [3.8, 4) is 0 Å². The monoisotopic (exact) mass is 374 g/mol. The SMILES string of the molecule is Cc1c(C)[n+]([O-])c([C@@H](C2C(=O)N(C)C(=O)N(C)C2=O)[C@H]2CC=CCC2)n1C. The first-order chi connectivity index (χ1) is 12.7. The number of urea groups is 1. The first-order valence-electron chi connectivity index (χ1n) is 9.17. The van der Waals surface area contributed by atoms with E-state index in [0.717, 1.165) is 33.1 Å². The van der Waals surface area contributed by atoms with Crippen LogP contribution < -0.4 is 4.73 Å². The van der Waals surface area contributed by atoms with Crippen molar-refractivity contribution in [1.29, 1.82) is 0 Å². The van der Waals surface area contributed by atoms with Crippen molar-refractivity contribution in [1.82, 2.24) is 14.4 Å². The standard InChI is InChI=1S/C19H26N4O4/c1-11-12(2)23(27)16(20(11)3)14(13-9-7-6-8-10-13)15-17(24)21(4)19(26)22(5)18(15)25/h6-7,13-15H,8-10H2,1-5H3/t13-,14+/m0/s1. The van der Waals surface area contributed by atoms with Gasteiger partial charge in [-0.1, -0.05) is 12.2 Å². The van der Waals surface area contributed by atoms with Crippen LogP contribution in [0.3, 0.4) is 0 Å². The first-order valence-corrected chi connectivity index (χ1v) is 9.17. The second kappa shape index (κ2) is 6.83. The molecular formula is C19H26N4O4. The van der Waals surface area contributed by atoms with Gasteiger partial charge in [0.05, 0.1) is 13.0 Å². The molecule has 0 N–H and O–H groups in total. The molecule has 1 fully saturated rings. The summed E-state index contributed by atoms with van der Waals surface area (Å²) in [6.07, 6.45) is 6.42. The number of carbonyl (C=O) groups is 3. The molecular weight excluding hydrogens is 348 g/mol. The van der Waals surface area contributed by atoms with Crippen LogP contribution in [-0.2, 0) is 16.6 Å². The number of nitrogens with zero attached hydrogens (tertiary/aromatic N) is 4. The average Bonchev–Trinajstić information content (AvgIpc) is 2.86. The minimum Gasteiger partial charge on any atom is -0.711 e. The van der Waals surface area contributed by atoms with Crippen LogP contribution in [0, 0.1) is 30.9 Å². The van der Waals surface area contributed by atoms with Crippen molar-refractivity contribution in [3.63, 3.8) is 0 Å². The number of hydrogen-bond donors (Lipinski definition) is 0. The molecule has 4 amide bonds. The Balaban J connectivity index is 2.18. The van der Waals surface area contributed by atoms with E-state index < -0.39 is 29.7 Å². The third kappa shape index (κ3) is 2.83. The molecule has 1 aromatic heterocycles. The molecule has 8 heteroatoms. The van der Waals surface area contributed by atoms with Crippen LogP contribution in [0.25, 0.3) is 0 Å². The lowest BCUT2D eigenvalue weighted by atomic mass is 9.73. The van der Waals surface area contributed by atoms with Gasteiger partial charge in [-0.2, -0.15) is 0 Å². The smallest absolute Gasteiger partial charge is 0.332 e. The fourth-order valence-electron chi connectivity index (χ4n) is 4.25. The molecule has 2 heterocycles. The Kier molecular flexibility index (Phi) is 4.84. The maximum atomic E-state index is 13.0. The van der Waals surface area contributed by atoms with Crippen LogP contribution in [-0.4, -0.2) is 46.3 Å². The number of barbiturate groups is 1. The largest absolute Gasteiger partial charge is 0.711 e. The van der Waals surface area contributed by atoms with Gasteiger partial charge in [0, 0.05) is 27.9 Å². The number of imide groups is 2. The van der Waals surface area contributed by atoms with Gasteiger partial charge in [0.15, 0.2) is 0 Å². The second-order valence-corrected chi connectivity index (χ2v) is 7.51.